The summed E-state index contributed by atoms with van der Waals surface area (Å²) >= 11 is 0. The second kappa shape index (κ2) is 11.0. The SMILES string of the molecule is O=S(=O)(Oc1ccc2c(c1)-c1cc(N(c3ccccc3)c3ccccc3)ccc1-c1ccccc1-c1ccccc1-2)C(F)(F)F. The maximum absolute atomic E-state index is 13.3. The largest absolute Gasteiger partial charge is 0.534 e. The van der Waals surface area contributed by atoms with Crippen LogP contribution in [0.25, 0.3) is 44.5 Å². The average molecular weight is 620 g/mol. The van der Waals surface area contributed by atoms with Gasteiger partial charge in [-0.25, -0.2) is 0 Å². The first-order valence-corrected chi connectivity index (χ1v) is 15.5. The maximum atomic E-state index is 13.3. The Morgan fingerprint density at radius 2 is 0.844 bits per heavy atom. The van der Waals surface area contributed by atoms with Crippen LogP contribution in [0.5, 0.6) is 5.75 Å². The molecule has 4 nitrogen and oxygen atoms in total. The van der Waals surface area contributed by atoms with E-state index < -0.39 is 21.4 Å². The first-order chi connectivity index (χ1) is 21.7. The van der Waals surface area contributed by atoms with E-state index >= 15 is 0 Å². The maximum Gasteiger partial charge on any atom is 0.534 e. The van der Waals surface area contributed by atoms with Crippen molar-refractivity contribution in [1.82, 2.24) is 0 Å². The van der Waals surface area contributed by atoms with Crippen molar-refractivity contribution >= 4 is 27.2 Å². The van der Waals surface area contributed by atoms with E-state index in [1.54, 1.807) is 6.07 Å². The third-order valence-corrected chi connectivity index (χ3v) is 8.76. The molecule has 6 aromatic carbocycles. The summed E-state index contributed by atoms with van der Waals surface area (Å²) in [6, 6.07) is 45.7. The average Bonchev–Trinajstić information content (AvgIpc) is 3.05. The molecule has 0 amide bonds. The molecule has 7 rings (SSSR count). The van der Waals surface area contributed by atoms with E-state index in [1.165, 1.54) is 12.1 Å². The number of benzene rings is 6. The van der Waals surface area contributed by atoms with Crippen LogP contribution in [0.15, 0.2) is 146 Å². The number of alkyl halides is 3. The molecule has 8 heteroatoms. The normalized spacial score (nSPS) is 12.1. The Balaban J connectivity index is 1.52. The lowest BCUT2D eigenvalue weighted by atomic mass is 9.80. The Labute approximate surface area is 258 Å². The molecule has 0 atom stereocenters. The molecule has 0 radical (unpaired) electrons. The predicted octanol–water partition coefficient (Wildman–Crippen LogP) is 10.4. The van der Waals surface area contributed by atoms with Gasteiger partial charge in [0, 0.05) is 17.1 Å². The van der Waals surface area contributed by atoms with Gasteiger partial charge in [0.1, 0.15) is 5.75 Å². The molecule has 1 aliphatic carbocycles. The molecule has 222 valence electrons. The molecule has 0 spiro atoms. The minimum absolute atomic E-state index is 0.434. The van der Waals surface area contributed by atoms with Crippen LogP contribution in [-0.2, 0) is 10.1 Å². The molecule has 0 N–H and O–H groups in total. The third kappa shape index (κ3) is 5.13. The number of anilines is 3. The van der Waals surface area contributed by atoms with Crippen molar-refractivity contribution in [3.63, 3.8) is 0 Å². The zero-order valence-corrected chi connectivity index (χ0v) is 24.4. The van der Waals surface area contributed by atoms with Gasteiger partial charge in [0.2, 0.25) is 0 Å². The summed E-state index contributed by atoms with van der Waals surface area (Å²) in [5.74, 6) is -0.434. The van der Waals surface area contributed by atoms with Crippen molar-refractivity contribution in [2.24, 2.45) is 0 Å². The van der Waals surface area contributed by atoms with Crippen LogP contribution in [0.4, 0.5) is 30.2 Å². The molecule has 6 aromatic rings. The summed E-state index contributed by atoms with van der Waals surface area (Å²) in [5.41, 5.74) is 3.57. The second-order valence-electron chi connectivity index (χ2n) is 10.5. The fraction of sp³-hybridized carbons (Fsp3) is 0.0270. The number of hydrogen-bond donors (Lipinski definition) is 0. The fourth-order valence-electron chi connectivity index (χ4n) is 5.84. The molecule has 0 fully saturated rings. The number of halogens is 3. The van der Waals surface area contributed by atoms with E-state index in [0.29, 0.717) is 11.1 Å². The molecule has 0 aliphatic heterocycles. The summed E-state index contributed by atoms with van der Waals surface area (Å²) < 4.78 is 68.6. The van der Waals surface area contributed by atoms with Crippen LogP contribution < -0.4 is 9.08 Å². The Kier molecular flexibility index (Phi) is 6.94. The summed E-state index contributed by atoms with van der Waals surface area (Å²) in [5, 5.41) is 0. The van der Waals surface area contributed by atoms with E-state index in [9.17, 15) is 21.6 Å². The van der Waals surface area contributed by atoms with Crippen LogP contribution in [0, 0.1) is 0 Å². The van der Waals surface area contributed by atoms with Gasteiger partial charge in [-0.3, -0.25) is 0 Å². The monoisotopic (exact) mass is 619 g/mol. The lowest BCUT2D eigenvalue weighted by molar-refractivity contribution is -0.0500. The fourth-order valence-corrected chi connectivity index (χ4v) is 6.29. The number of para-hydroxylation sites is 2. The van der Waals surface area contributed by atoms with Gasteiger partial charge in [0.15, 0.2) is 0 Å². The highest BCUT2D eigenvalue weighted by molar-refractivity contribution is 7.88. The van der Waals surface area contributed by atoms with Crippen LogP contribution in [0.3, 0.4) is 0 Å². The van der Waals surface area contributed by atoms with E-state index in [2.05, 4.69) is 9.08 Å². The van der Waals surface area contributed by atoms with Crippen molar-refractivity contribution in [2.75, 3.05) is 4.90 Å². The minimum atomic E-state index is -5.88. The molecule has 45 heavy (non-hydrogen) atoms. The van der Waals surface area contributed by atoms with Gasteiger partial charge in [0.05, 0.1) is 0 Å². The quantitative estimate of drug-likeness (QED) is 0.142. The Morgan fingerprint density at radius 3 is 1.31 bits per heavy atom. The van der Waals surface area contributed by atoms with Gasteiger partial charge in [-0.15, -0.1) is 0 Å². The molecule has 0 saturated carbocycles. The van der Waals surface area contributed by atoms with Crippen LogP contribution in [0.2, 0.25) is 0 Å². The molecule has 1 aliphatic rings. The van der Waals surface area contributed by atoms with E-state index in [0.717, 1.165) is 50.4 Å². The smallest absolute Gasteiger partial charge is 0.376 e. The summed E-state index contributed by atoms with van der Waals surface area (Å²) in [4.78, 5) is 2.09. The van der Waals surface area contributed by atoms with E-state index in [-0.39, 0.29) is 0 Å². The minimum Gasteiger partial charge on any atom is -0.376 e. The zero-order chi connectivity index (χ0) is 31.2. The van der Waals surface area contributed by atoms with Crippen molar-refractivity contribution < 1.29 is 25.8 Å². The third-order valence-electron chi connectivity index (χ3n) is 7.79. The number of fused-ring (bicyclic) bond motifs is 8. The van der Waals surface area contributed by atoms with E-state index in [4.69, 9.17) is 0 Å². The lowest BCUT2D eigenvalue weighted by Crippen LogP contribution is -2.28. The standard InChI is InChI=1S/C37H24F3NO3S/c38-37(39,40)45(42,43)44-28-20-22-34-32-18-10-8-16-30(32)29-15-7-9-17-31(29)33-21-19-27(23-35(33)36(34)24-28)41(25-11-3-1-4-12-25)26-13-5-2-6-14-26/h1-24H. The summed E-state index contributed by atoms with van der Waals surface area (Å²) in [6.45, 7) is 0. The Morgan fingerprint density at radius 1 is 0.444 bits per heavy atom. The van der Waals surface area contributed by atoms with Crippen molar-refractivity contribution in [1.29, 1.82) is 0 Å². The van der Waals surface area contributed by atoms with Gasteiger partial charge >= 0.3 is 15.6 Å². The van der Waals surface area contributed by atoms with Gasteiger partial charge in [-0.1, -0.05) is 91.0 Å². The first-order valence-electron chi connectivity index (χ1n) is 14.1. The van der Waals surface area contributed by atoms with Gasteiger partial charge in [-0.2, -0.15) is 21.6 Å². The van der Waals surface area contributed by atoms with Crippen LogP contribution >= 0.6 is 0 Å². The lowest BCUT2D eigenvalue weighted by Gasteiger charge is -2.28. The van der Waals surface area contributed by atoms with Crippen LogP contribution in [0.1, 0.15) is 0 Å². The van der Waals surface area contributed by atoms with Crippen molar-refractivity contribution in [3.05, 3.63) is 146 Å². The van der Waals surface area contributed by atoms with Gasteiger partial charge < -0.3 is 9.08 Å². The van der Waals surface area contributed by atoms with Crippen molar-refractivity contribution in [2.45, 2.75) is 5.51 Å². The van der Waals surface area contributed by atoms with Crippen molar-refractivity contribution in [3.8, 4) is 50.3 Å². The highest BCUT2D eigenvalue weighted by Gasteiger charge is 2.48. The topological polar surface area (TPSA) is 46.6 Å². The van der Waals surface area contributed by atoms with Crippen LogP contribution in [-0.4, -0.2) is 13.9 Å². The first kappa shape index (κ1) is 28.4. The summed E-state index contributed by atoms with van der Waals surface area (Å²) in [7, 11) is -5.88. The Hall–Kier alpha value is -5.34. The molecule has 0 saturated heterocycles. The van der Waals surface area contributed by atoms with Gasteiger partial charge in [-0.05, 0) is 99.1 Å². The molecule has 0 heterocycles. The summed E-state index contributed by atoms with van der Waals surface area (Å²) in [6.07, 6.45) is 0. The number of rotatable bonds is 5. The van der Waals surface area contributed by atoms with Gasteiger partial charge in [0.25, 0.3) is 0 Å². The number of nitrogens with zero attached hydrogens (tertiary/aromatic N) is 1. The second-order valence-corrected chi connectivity index (χ2v) is 12.1. The van der Waals surface area contributed by atoms with E-state index in [1.807, 2.05) is 127 Å². The molecule has 0 unspecified atom stereocenters. The highest BCUT2D eigenvalue weighted by atomic mass is 32.2. The molecule has 0 aromatic heterocycles. The molecule has 0 bridgehead atoms. The number of hydrogen-bond acceptors (Lipinski definition) is 4. The predicted molar refractivity (Wildman–Crippen MR) is 172 cm³/mol. The highest BCUT2D eigenvalue weighted by Crippen LogP contribution is 2.50. The molecular weight excluding hydrogens is 595 g/mol. The zero-order valence-electron chi connectivity index (χ0n) is 23.6. The Bertz CT molecular complexity index is 2110. The molecular formula is C37H24F3NO3S.